The molecule has 0 fully saturated rings. The standard InChI is InChI=1S/C15H13ClFNO2/c16-12-7-6-11(8-13(12)17)15(20)18-14(9-19)10-4-2-1-3-5-10/h1-8,14,19H,9H2,(H,18,20)/t14-/m1/s1. The predicted molar refractivity (Wildman–Crippen MR) is 75.1 cm³/mol. The van der Waals surface area contributed by atoms with Gasteiger partial charge in [0, 0.05) is 5.56 Å². The zero-order valence-electron chi connectivity index (χ0n) is 10.5. The van der Waals surface area contributed by atoms with E-state index in [0.29, 0.717) is 0 Å². The number of hydrogen-bond donors (Lipinski definition) is 2. The van der Waals surface area contributed by atoms with Crippen LogP contribution < -0.4 is 5.32 Å². The van der Waals surface area contributed by atoms with Crippen molar-refractivity contribution in [2.45, 2.75) is 6.04 Å². The molecule has 5 heteroatoms. The monoisotopic (exact) mass is 293 g/mol. The predicted octanol–water partition coefficient (Wildman–Crippen LogP) is 2.94. The molecule has 104 valence electrons. The van der Waals surface area contributed by atoms with Crippen molar-refractivity contribution in [3.63, 3.8) is 0 Å². The van der Waals surface area contributed by atoms with Crippen LogP contribution in [0.1, 0.15) is 22.0 Å². The number of benzene rings is 2. The van der Waals surface area contributed by atoms with Crippen LogP contribution in [-0.4, -0.2) is 17.6 Å². The maximum Gasteiger partial charge on any atom is 0.251 e. The molecule has 2 N–H and O–H groups in total. The first-order chi connectivity index (χ1) is 9.61. The number of aliphatic hydroxyl groups is 1. The summed E-state index contributed by atoms with van der Waals surface area (Å²) < 4.78 is 13.3. The third kappa shape index (κ3) is 3.35. The molecule has 0 unspecified atom stereocenters. The maximum absolute atomic E-state index is 13.3. The highest BCUT2D eigenvalue weighted by Crippen LogP contribution is 2.17. The average molecular weight is 294 g/mol. The molecule has 1 atom stereocenters. The summed E-state index contributed by atoms with van der Waals surface area (Å²) in [5.74, 6) is -1.12. The van der Waals surface area contributed by atoms with Crippen LogP contribution in [-0.2, 0) is 0 Å². The second-order valence-corrected chi connectivity index (χ2v) is 4.66. The van der Waals surface area contributed by atoms with E-state index in [2.05, 4.69) is 5.32 Å². The number of carbonyl (C=O) groups is 1. The summed E-state index contributed by atoms with van der Waals surface area (Å²) in [6, 6.07) is 12.3. The number of nitrogens with one attached hydrogen (secondary N) is 1. The van der Waals surface area contributed by atoms with Gasteiger partial charge in [-0.2, -0.15) is 0 Å². The van der Waals surface area contributed by atoms with Crippen LogP contribution in [0, 0.1) is 5.82 Å². The smallest absolute Gasteiger partial charge is 0.251 e. The molecule has 0 saturated carbocycles. The number of aliphatic hydroxyl groups excluding tert-OH is 1. The number of carbonyl (C=O) groups excluding carboxylic acids is 1. The molecule has 0 spiro atoms. The Morgan fingerprint density at radius 2 is 1.95 bits per heavy atom. The van der Waals surface area contributed by atoms with Crippen molar-refractivity contribution in [1.29, 1.82) is 0 Å². The Labute approximate surface area is 121 Å². The van der Waals surface area contributed by atoms with E-state index < -0.39 is 17.8 Å². The fraction of sp³-hybridized carbons (Fsp3) is 0.133. The normalized spacial score (nSPS) is 11.9. The highest BCUT2D eigenvalue weighted by molar-refractivity contribution is 6.30. The summed E-state index contributed by atoms with van der Waals surface area (Å²) in [4.78, 5) is 12.0. The van der Waals surface area contributed by atoms with Gasteiger partial charge in [0.05, 0.1) is 17.7 Å². The largest absolute Gasteiger partial charge is 0.394 e. The SMILES string of the molecule is O=C(N[C@H](CO)c1ccccc1)c1ccc(Cl)c(F)c1. The number of halogens is 2. The van der Waals surface area contributed by atoms with Crippen molar-refractivity contribution in [3.05, 3.63) is 70.5 Å². The molecule has 0 aromatic heterocycles. The lowest BCUT2D eigenvalue weighted by Crippen LogP contribution is -2.30. The van der Waals surface area contributed by atoms with Gasteiger partial charge in [0.15, 0.2) is 0 Å². The summed E-state index contributed by atoms with van der Waals surface area (Å²) in [6.07, 6.45) is 0. The van der Waals surface area contributed by atoms with E-state index in [1.807, 2.05) is 18.2 Å². The van der Waals surface area contributed by atoms with E-state index >= 15 is 0 Å². The first kappa shape index (κ1) is 14.5. The summed E-state index contributed by atoms with van der Waals surface area (Å²) in [5, 5.41) is 12.0. The lowest BCUT2D eigenvalue weighted by molar-refractivity contribution is 0.0916. The van der Waals surface area contributed by atoms with E-state index in [9.17, 15) is 14.3 Å². The van der Waals surface area contributed by atoms with Crippen molar-refractivity contribution in [3.8, 4) is 0 Å². The van der Waals surface area contributed by atoms with Crippen LogP contribution in [0.25, 0.3) is 0 Å². The van der Waals surface area contributed by atoms with E-state index in [1.165, 1.54) is 12.1 Å². The molecule has 0 bridgehead atoms. The second-order valence-electron chi connectivity index (χ2n) is 4.25. The zero-order chi connectivity index (χ0) is 14.5. The minimum atomic E-state index is -0.653. The summed E-state index contributed by atoms with van der Waals surface area (Å²) in [5.41, 5.74) is 0.930. The summed E-state index contributed by atoms with van der Waals surface area (Å²) >= 11 is 5.57. The molecule has 0 heterocycles. The molecular formula is C15H13ClFNO2. The number of hydrogen-bond acceptors (Lipinski definition) is 2. The fourth-order valence-corrected chi connectivity index (χ4v) is 1.92. The van der Waals surface area contributed by atoms with Crippen molar-refractivity contribution < 1.29 is 14.3 Å². The summed E-state index contributed by atoms with van der Waals surface area (Å²) in [7, 11) is 0. The Balaban J connectivity index is 2.15. The Bertz CT molecular complexity index is 604. The first-order valence-electron chi connectivity index (χ1n) is 6.03. The minimum Gasteiger partial charge on any atom is -0.394 e. The molecule has 0 saturated heterocycles. The molecule has 0 radical (unpaired) electrons. The average Bonchev–Trinajstić information content (AvgIpc) is 2.48. The lowest BCUT2D eigenvalue weighted by atomic mass is 10.1. The molecular weight excluding hydrogens is 281 g/mol. The number of amides is 1. The fourth-order valence-electron chi connectivity index (χ4n) is 1.80. The highest BCUT2D eigenvalue weighted by Gasteiger charge is 2.15. The Morgan fingerprint density at radius 3 is 2.55 bits per heavy atom. The molecule has 2 aromatic rings. The molecule has 2 aromatic carbocycles. The quantitative estimate of drug-likeness (QED) is 0.910. The molecule has 20 heavy (non-hydrogen) atoms. The van der Waals surface area contributed by atoms with Crippen LogP contribution in [0.5, 0.6) is 0 Å². The topological polar surface area (TPSA) is 49.3 Å². The molecule has 3 nitrogen and oxygen atoms in total. The van der Waals surface area contributed by atoms with Crippen molar-refractivity contribution in [2.24, 2.45) is 0 Å². The van der Waals surface area contributed by atoms with Crippen LogP contribution in [0.15, 0.2) is 48.5 Å². The Kier molecular flexibility index (Phi) is 4.71. The van der Waals surface area contributed by atoms with Gasteiger partial charge in [0.2, 0.25) is 0 Å². The minimum absolute atomic E-state index is 0.0386. The van der Waals surface area contributed by atoms with E-state index in [1.54, 1.807) is 12.1 Å². The van der Waals surface area contributed by atoms with Gasteiger partial charge in [-0.25, -0.2) is 4.39 Å². The van der Waals surface area contributed by atoms with Gasteiger partial charge in [0.1, 0.15) is 5.82 Å². The first-order valence-corrected chi connectivity index (χ1v) is 6.41. The van der Waals surface area contributed by atoms with Gasteiger partial charge >= 0.3 is 0 Å². The lowest BCUT2D eigenvalue weighted by Gasteiger charge is -2.16. The van der Waals surface area contributed by atoms with Crippen molar-refractivity contribution >= 4 is 17.5 Å². The molecule has 1 amide bonds. The van der Waals surface area contributed by atoms with Gasteiger partial charge in [-0.1, -0.05) is 41.9 Å². The maximum atomic E-state index is 13.3. The van der Waals surface area contributed by atoms with Crippen LogP contribution in [0.3, 0.4) is 0 Å². The highest BCUT2D eigenvalue weighted by atomic mass is 35.5. The van der Waals surface area contributed by atoms with E-state index in [4.69, 9.17) is 11.6 Å². The Morgan fingerprint density at radius 1 is 1.25 bits per heavy atom. The second kappa shape index (κ2) is 6.50. The number of rotatable bonds is 4. The molecule has 0 aliphatic carbocycles. The van der Waals surface area contributed by atoms with E-state index in [-0.39, 0.29) is 17.2 Å². The van der Waals surface area contributed by atoms with Gasteiger partial charge in [0.25, 0.3) is 5.91 Å². The van der Waals surface area contributed by atoms with Gasteiger partial charge < -0.3 is 10.4 Å². The van der Waals surface area contributed by atoms with Gasteiger partial charge in [-0.05, 0) is 23.8 Å². The van der Waals surface area contributed by atoms with Gasteiger partial charge in [-0.15, -0.1) is 0 Å². The third-order valence-corrected chi connectivity index (χ3v) is 3.18. The van der Waals surface area contributed by atoms with Crippen LogP contribution in [0.2, 0.25) is 5.02 Å². The molecule has 2 rings (SSSR count). The third-order valence-electron chi connectivity index (χ3n) is 2.87. The molecule has 0 aliphatic rings. The van der Waals surface area contributed by atoms with Crippen LogP contribution in [0.4, 0.5) is 4.39 Å². The van der Waals surface area contributed by atoms with E-state index in [0.717, 1.165) is 11.6 Å². The Hall–Kier alpha value is -1.91. The summed E-state index contributed by atoms with van der Waals surface area (Å²) in [6.45, 7) is -0.244. The van der Waals surface area contributed by atoms with Crippen molar-refractivity contribution in [1.82, 2.24) is 5.32 Å². The zero-order valence-corrected chi connectivity index (χ0v) is 11.3. The van der Waals surface area contributed by atoms with Crippen LogP contribution >= 0.6 is 11.6 Å². The van der Waals surface area contributed by atoms with Gasteiger partial charge in [-0.3, -0.25) is 4.79 Å². The van der Waals surface area contributed by atoms with Crippen molar-refractivity contribution in [2.75, 3.05) is 6.61 Å². The molecule has 0 aliphatic heterocycles.